The molecule has 8 heteroatoms. The second-order valence-corrected chi connectivity index (χ2v) is 7.88. The molecular formula is C26H18O8. The number of fused-ring (bicyclic) bond motifs is 3. The Balaban J connectivity index is 1.56. The van der Waals surface area contributed by atoms with Gasteiger partial charge in [0, 0.05) is 11.5 Å². The Bertz CT molecular complexity index is 1380. The van der Waals surface area contributed by atoms with Crippen molar-refractivity contribution in [1.82, 2.24) is 0 Å². The summed E-state index contributed by atoms with van der Waals surface area (Å²) in [5.74, 6) is -1.44. The number of carboxylic acid groups (broad SMARTS) is 1. The fourth-order valence-electron chi connectivity index (χ4n) is 4.20. The molecule has 2 aliphatic rings. The molecular weight excluding hydrogens is 440 g/mol. The molecule has 0 radical (unpaired) electrons. The summed E-state index contributed by atoms with van der Waals surface area (Å²) in [6.45, 7) is 0. The molecule has 2 aliphatic heterocycles. The minimum Gasteiger partial charge on any atom is -0.504 e. The summed E-state index contributed by atoms with van der Waals surface area (Å²) in [6, 6.07) is 14.0. The summed E-state index contributed by atoms with van der Waals surface area (Å²) in [6.07, 6.45) is 1.53. The van der Waals surface area contributed by atoms with Crippen LogP contribution in [0.2, 0.25) is 0 Å². The van der Waals surface area contributed by atoms with Gasteiger partial charge in [-0.3, -0.25) is 9.59 Å². The third-order valence-electron chi connectivity index (χ3n) is 5.84. The number of phenols is 1. The van der Waals surface area contributed by atoms with Crippen LogP contribution in [-0.2, 0) is 4.79 Å². The number of ketones is 1. The van der Waals surface area contributed by atoms with Gasteiger partial charge in [0.1, 0.15) is 11.5 Å². The molecule has 0 aromatic heterocycles. The quantitative estimate of drug-likeness (QED) is 0.340. The van der Waals surface area contributed by atoms with Gasteiger partial charge in [-0.2, -0.15) is 0 Å². The highest BCUT2D eigenvalue weighted by atomic mass is 16.5. The number of methoxy groups -OCH3 is 1. The zero-order chi connectivity index (χ0) is 24.0. The summed E-state index contributed by atoms with van der Waals surface area (Å²) in [5.41, 5.74) is 2.24. The van der Waals surface area contributed by atoms with Crippen LogP contribution in [0, 0.1) is 0 Å². The second kappa shape index (κ2) is 8.08. The molecule has 0 unspecified atom stereocenters. The molecule has 3 aromatic carbocycles. The van der Waals surface area contributed by atoms with E-state index in [1.807, 2.05) is 0 Å². The van der Waals surface area contributed by atoms with Gasteiger partial charge in [0.2, 0.25) is 5.78 Å². The van der Waals surface area contributed by atoms with E-state index in [2.05, 4.69) is 0 Å². The standard InChI is InChI=1S/C26H18O8/c1-32-19-8-2-13(10-18(19)27)11-21-24(29)16-7-9-20-23(25(16)34-21)17(12-22(28)33-20)14-3-5-15(6-4-14)26(30)31/h2-11,17,27H,12H2,1H3,(H,30,31)/b21-11-/t17-/m1/s1. The molecule has 0 aliphatic carbocycles. The zero-order valence-electron chi connectivity index (χ0n) is 17.9. The van der Waals surface area contributed by atoms with Gasteiger partial charge in [-0.05, 0) is 53.6 Å². The molecule has 1 atom stereocenters. The highest BCUT2D eigenvalue weighted by Gasteiger charge is 2.38. The average molecular weight is 458 g/mol. The van der Waals surface area contributed by atoms with Crippen LogP contribution in [0.3, 0.4) is 0 Å². The van der Waals surface area contributed by atoms with Crippen molar-refractivity contribution in [2.24, 2.45) is 0 Å². The third kappa shape index (κ3) is 3.55. The maximum absolute atomic E-state index is 13.1. The van der Waals surface area contributed by atoms with Crippen LogP contribution < -0.4 is 14.2 Å². The molecule has 5 rings (SSSR count). The van der Waals surface area contributed by atoms with E-state index in [4.69, 9.17) is 14.2 Å². The Morgan fingerprint density at radius 2 is 1.82 bits per heavy atom. The summed E-state index contributed by atoms with van der Waals surface area (Å²) >= 11 is 0. The van der Waals surface area contributed by atoms with Crippen LogP contribution >= 0.6 is 0 Å². The maximum atomic E-state index is 13.1. The van der Waals surface area contributed by atoms with Crippen molar-refractivity contribution in [3.8, 4) is 23.0 Å². The molecule has 2 N–H and O–H groups in total. The fraction of sp³-hybridized carbons (Fsp3) is 0.115. The van der Waals surface area contributed by atoms with E-state index in [1.54, 1.807) is 36.4 Å². The van der Waals surface area contributed by atoms with Gasteiger partial charge in [-0.1, -0.05) is 18.2 Å². The number of aromatic carboxylic acids is 1. The lowest BCUT2D eigenvalue weighted by Gasteiger charge is -2.26. The number of rotatable bonds is 4. The first-order valence-electron chi connectivity index (χ1n) is 10.4. The summed E-state index contributed by atoms with van der Waals surface area (Å²) in [5, 5.41) is 19.2. The van der Waals surface area contributed by atoms with E-state index in [0.717, 1.165) is 0 Å². The van der Waals surface area contributed by atoms with Crippen LogP contribution in [0.1, 0.15) is 49.7 Å². The van der Waals surface area contributed by atoms with Gasteiger partial charge in [0.05, 0.1) is 24.7 Å². The number of carbonyl (C=O) groups excluding carboxylic acids is 2. The minimum absolute atomic E-state index is 0.0127. The van der Waals surface area contributed by atoms with Gasteiger partial charge in [0.15, 0.2) is 17.3 Å². The number of aromatic hydroxyl groups is 1. The van der Waals surface area contributed by atoms with Crippen molar-refractivity contribution in [3.05, 3.63) is 88.2 Å². The normalized spacial score (nSPS) is 17.6. The predicted octanol–water partition coefficient (Wildman–Crippen LogP) is 4.16. The molecule has 0 saturated carbocycles. The van der Waals surface area contributed by atoms with Crippen molar-refractivity contribution in [3.63, 3.8) is 0 Å². The molecule has 0 saturated heterocycles. The summed E-state index contributed by atoms with van der Waals surface area (Å²) in [4.78, 5) is 36.5. The number of hydrogen-bond acceptors (Lipinski definition) is 7. The Morgan fingerprint density at radius 1 is 1.06 bits per heavy atom. The molecule has 0 spiro atoms. The predicted molar refractivity (Wildman–Crippen MR) is 120 cm³/mol. The largest absolute Gasteiger partial charge is 0.504 e. The number of ether oxygens (including phenoxy) is 3. The minimum atomic E-state index is -1.05. The SMILES string of the molecule is COc1ccc(/C=C2\Oc3c(ccc4c3[C@@H](c3ccc(C(=O)O)cc3)CC(=O)O4)C2=O)cc1O. The fourth-order valence-corrected chi connectivity index (χ4v) is 4.20. The van der Waals surface area contributed by atoms with E-state index in [9.17, 15) is 24.6 Å². The van der Waals surface area contributed by atoms with Crippen molar-refractivity contribution < 1.29 is 38.8 Å². The van der Waals surface area contributed by atoms with Gasteiger partial charge in [-0.25, -0.2) is 4.79 Å². The van der Waals surface area contributed by atoms with Crippen molar-refractivity contribution in [2.45, 2.75) is 12.3 Å². The molecule has 8 nitrogen and oxygen atoms in total. The smallest absolute Gasteiger partial charge is 0.335 e. The van der Waals surface area contributed by atoms with Crippen LogP contribution in [-0.4, -0.2) is 35.0 Å². The van der Waals surface area contributed by atoms with Crippen molar-refractivity contribution in [1.29, 1.82) is 0 Å². The van der Waals surface area contributed by atoms with Crippen LogP contribution in [0.5, 0.6) is 23.0 Å². The number of esters is 1. The monoisotopic (exact) mass is 458 g/mol. The lowest BCUT2D eigenvalue weighted by atomic mass is 9.84. The molecule has 170 valence electrons. The number of allylic oxidation sites excluding steroid dienone is 1. The summed E-state index contributed by atoms with van der Waals surface area (Å²) in [7, 11) is 1.44. The van der Waals surface area contributed by atoms with Crippen LogP contribution in [0.15, 0.2) is 60.4 Å². The lowest BCUT2D eigenvalue weighted by molar-refractivity contribution is -0.135. The van der Waals surface area contributed by atoms with E-state index in [-0.39, 0.29) is 29.3 Å². The summed E-state index contributed by atoms with van der Waals surface area (Å²) < 4.78 is 16.4. The van der Waals surface area contributed by atoms with Crippen LogP contribution in [0.4, 0.5) is 0 Å². The Kier molecular flexibility index (Phi) is 5.05. The van der Waals surface area contributed by atoms with Crippen LogP contribution in [0.25, 0.3) is 6.08 Å². The number of benzene rings is 3. The highest BCUT2D eigenvalue weighted by molar-refractivity contribution is 6.15. The molecule has 34 heavy (non-hydrogen) atoms. The van der Waals surface area contributed by atoms with Gasteiger partial charge in [-0.15, -0.1) is 0 Å². The zero-order valence-corrected chi connectivity index (χ0v) is 17.9. The maximum Gasteiger partial charge on any atom is 0.335 e. The average Bonchev–Trinajstić information content (AvgIpc) is 3.13. The van der Waals surface area contributed by atoms with Gasteiger partial charge in [0.25, 0.3) is 0 Å². The number of Topliss-reactive ketones (excluding diaryl/α,β-unsaturated/α-hetero) is 1. The number of carbonyl (C=O) groups is 3. The molecule has 0 amide bonds. The lowest BCUT2D eigenvalue weighted by Crippen LogP contribution is -2.21. The highest BCUT2D eigenvalue weighted by Crippen LogP contribution is 2.49. The molecule has 0 fully saturated rings. The van der Waals surface area contributed by atoms with E-state index in [0.29, 0.717) is 39.5 Å². The number of phenolic OH excluding ortho intramolecular Hbond substituents is 1. The number of hydrogen-bond donors (Lipinski definition) is 2. The Hall–Kier alpha value is -4.59. The van der Waals surface area contributed by atoms with Crippen molar-refractivity contribution in [2.75, 3.05) is 7.11 Å². The third-order valence-corrected chi connectivity index (χ3v) is 5.84. The first kappa shape index (κ1) is 21.3. The van der Waals surface area contributed by atoms with Crippen molar-refractivity contribution >= 4 is 23.8 Å². The topological polar surface area (TPSA) is 119 Å². The molecule has 0 bridgehead atoms. The Morgan fingerprint density at radius 3 is 2.50 bits per heavy atom. The van der Waals surface area contributed by atoms with Gasteiger partial charge < -0.3 is 24.4 Å². The molecule has 2 heterocycles. The Labute approximate surface area is 193 Å². The van der Waals surface area contributed by atoms with Gasteiger partial charge >= 0.3 is 11.9 Å². The van der Waals surface area contributed by atoms with E-state index < -0.39 is 17.9 Å². The number of carboxylic acids is 1. The second-order valence-electron chi connectivity index (χ2n) is 7.88. The first-order valence-corrected chi connectivity index (χ1v) is 10.4. The molecule has 3 aromatic rings. The van der Waals surface area contributed by atoms with E-state index in [1.165, 1.54) is 31.4 Å². The first-order chi connectivity index (χ1) is 16.4. The van der Waals surface area contributed by atoms with E-state index >= 15 is 0 Å².